The molecule has 150 valence electrons. The lowest BCUT2D eigenvalue weighted by molar-refractivity contribution is 0.0785. The standard InChI is InChI=1S/C22H23N3O3S/c1-3-25(20-9-5-4-6-10-20)29(27,28)21-11-7-8-19(16-21)22(26)24(2)17-18-12-14-23-15-13-18/h4-16H,3,17H2,1-2H3. The van der Waals surface area contributed by atoms with Gasteiger partial charge in [0.25, 0.3) is 15.9 Å². The van der Waals surface area contributed by atoms with Crippen molar-refractivity contribution in [3.05, 3.63) is 90.3 Å². The molecule has 0 spiro atoms. The third kappa shape index (κ3) is 4.63. The zero-order valence-corrected chi connectivity index (χ0v) is 17.2. The Morgan fingerprint density at radius 2 is 1.66 bits per heavy atom. The number of rotatable bonds is 7. The summed E-state index contributed by atoms with van der Waals surface area (Å²) in [6.07, 6.45) is 3.34. The van der Waals surface area contributed by atoms with Gasteiger partial charge in [0.2, 0.25) is 0 Å². The molecular weight excluding hydrogens is 386 g/mol. The molecular formula is C22H23N3O3S. The quantitative estimate of drug-likeness (QED) is 0.598. The maximum Gasteiger partial charge on any atom is 0.264 e. The zero-order chi connectivity index (χ0) is 20.9. The van der Waals surface area contributed by atoms with Crippen LogP contribution >= 0.6 is 0 Å². The van der Waals surface area contributed by atoms with Crippen LogP contribution in [0, 0.1) is 0 Å². The molecule has 6 nitrogen and oxygen atoms in total. The van der Waals surface area contributed by atoms with Crippen LogP contribution in [0.2, 0.25) is 0 Å². The van der Waals surface area contributed by atoms with Crippen LogP contribution in [0.1, 0.15) is 22.8 Å². The number of sulfonamides is 1. The Bertz CT molecular complexity index is 1070. The number of pyridine rings is 1. The van der Waals surface area contributed by atoms with E-state index in [-0.39, 0.29) is 17.3 Å². The van der Waals surface area contributed by atoms with E-state index in [0.29, 0.717) is 17.8 Å². The molecule has 1 heterocycles. The van der Waals surface area contributed by atoms with Crippen LogP contribution < -0.4 is 4.31 Å². The SMILES string of the molecule is CCN(c1ccccc1)S(=O)(=O)c1cccc(C(=O)N(C)Cc2ccncc2)c1. The predicted octanol–water partition coefficient (Wildman–Crippen LogP) is 3.57. The van der Waals surface area contributed by atoms with Crippen molar-refractivity contribution in [3.8, 4) is 0 Å². The van der Waals surface area contributed by atoms with E-state index < -0.39 is 10.0 Å². The highest BCUT2D eigenvalue weighted by atomic mass is 32.2. The van der Waals surface area contributed by atoms with Crippen LogP contribution in [-0.2, 0) is 16.6 Å². The first-order chi connectivity index (χ1) is 13.9. The molecule has 0 unspecified atom stereocenters. The Kier molecular flexibility index (Phi) is 6.29. The third-order valence-corrected chi connectivity index (χ3v) is 6.42. The van der Waals surface area contributed by atoms with Crippen LogP contribution in [0.4, 0.5) is 5.69 Å². The van der Waals surface area contributed by atoms with Crippen LogP contribution in [0.3, 0.4) is 0 Å². The van der Waals surface area contributed by atoms with Crippen molar-refractivity contribution in [2.45, 2.75) is 18.4 Å². The average Bonchev–Trinajstić information content (AvgIpc) is 2.75. The molecule has 0 aliphatic heterocycles. The molecule has 0 saturated heterocycles. The number of carbonyl (C=O) groups is 1. The first-order valence-corrected chi connectivity index (χ1v) is 10.7. The van der Waals surface area contributed by atoms with Crippen molar-refractivity contribution in [2.75, 3.05) is 17.9 Å². The van der Waals surface area contributed by atoms with Crippen LogP contribution in [0.15, 0.2) is 84.0 Å². The smallest absolute Gasteiger partial charge is 0.264 e. The summed E-state index contributed by atoms with van der Waals surface area (Å²) >= 11 is 0. The van der Waals surface area contributed by atoms with E-state index >= 15 is 0 Å². The number of aromatic nitrogens is 1. The van der Waals surface area contributed by atoms with Gasteiger partial charge in [0, 0.05) is 38.1 Å². The minimum absolute atomic E-state index is 0.0892. The molecule has 0 aliphatic carbocycles. The van der Waals surface area contributed by atoms with Gasteiger partial charge >= 0.3 is 0 Å². The fourth-order valence-electron chi connectivity index (χ4n) is 3.06. The molecule has 3 rings (SSSR count). The lowest BCUT2D eigenvalue weighted by atomic mass is 10.2. The van der Waals surface area contributed by atoms with Gasteiger partial charge in [-0.3, -0.25) is 14.1 Å². The molecule has 0 fully saturated rings. The fraction of sp³-hybridized carbons (Fsp3) is 0.182. The van der Waals surface area contributed by atoms with Crippen LogP contribution in [0.25, 0.3) is 0 Å². The highest BCUT2D eigenvalue weighted by Gasteiger charge is 2.25. The number of carbonyl (C=O) groups excluding carboxylic acids is 1. The van der Waals surface area contributed by atoms with Gasteiger partial charge in [-0.15, -0.1) is 0 Å². The van der Waals surface area contributed by atoms with Crippen LogP contribution in [-0.4, -0.2) is 37.8 Å². The monoisotopic (exact) mass is 409 g/mol. The first kappa shape index (κ1) is 20.5. The van der Waals surface area contributed by atoms with Gasteiger partial charge in [-0.05, 0) is 55.0 Å². The van der Waals surface area contributed by atoms with Crippen LogP contribution in [0.5, 0.6) is 0 Å². The molecule has 1 amide bonds. The summed E-state index contributed by atoms with van der Waals surface area (Å²) in [4.78, 5) is 18.4. The summed E-state index contributed by atoms with van der Waals surface area (Å²) in [6, 6.07) is 18.8. The number of para-hydroxylation sites is 1. The summed E-state index contributed by atoms with van der Waals surface area (Å²) in [5.74, 6) is -0.248. The molecule has 0 radical (unpaired) electrons. The Morgan fingerprint density at radius 3 is 2.31 bits per heavy atom. The number of anilines is 1. The highest BCUT2D eigenvalue weighted by molar-refractivity contribution is 7.92. The van der Waals surface area contributed by atoms with Gasteiger partial charge < -0.3 is 4.90 Å². The predicted molar refractivity (Wildman–Crippen MR) is 113 cm³/mol. The molecule has 1 aromatic heterocycles. The first-order valence-electron chi connectivity index (χ1n) is 9.25. The summed E-state index contributed by atoms with van der Waals surface area (Å²) < 4.78 is 27.7. The van der Waals surface area contributed by atoms with E-state index in [1.54, 1.807) is 67.7 Å². The van der Waals surface area contributed by atoms with Gasteiger partial charge in [-0.1, -0.05) is 24.3 Å². The lowest BCUT2D eigenvalue weighted by Gasteiger charge is -2.23. The number of hydrogen-bond acceptors (Lipinski definition) is 4. The Balaban J connectivity index is 1.87. The third-order valence-electron chi connectivity index (χ3n) is 4.52. The Labute approximate surface area is 171 Å². The Hall–Kier alpha value is -3.19. The zero-order valence-electron chi connectivity index (χ0n) is 16.4. The molecule has 2 aromatic carbocycles. The molecule has 0 aliphatic rings. The molecule has 0 N–H and O–H groups in total. The minimum atomic E-state index is -3.79. The molecule has 0 atom stereocenters. The second-order valence-corrected chi connectivity index (χ2v) is 8.41. The van der Waals surface area contributed by atoms with Gasteiger partial charge in [-0.2, -0.15) is 0 Å². The van der Waals surface area contributed by atoms with Crippen molar-refractivity contribution >= 4 is 21.6 Å². The molecule has 7 heteroatoms. The maximum absolute atomic E-state index is 13.2. The number of hydrogen-bond donors (Lipinski definition) is 0. The van der Waals surface area contributed by atoms with Gasteiger partial charge in [0.05, 0.1) is 10.6 Å². The Morgan fingerprint density at radius 1 is 0.966 bits per heavy atom. The summed E-state index contributed by atoms with van der Waals surface area (Å²) in [5.41, 5.74) is 1.86. The van der Waals surface area contributed by atoms with Crippen molar-refractivity contribution in [2.24, 2.45) is 0 Å². The van der Waals surface area contributed by atoms with Crippen molar-refractivity contribution < 1.29 is 13.2 Å². The molecule has 29 heavy (non-hydrogen) atoms. The summed E-state index contributed by atoms with van der Waals surface area (Å²) in [5, 5.41) is 0. The summed E-state index contributed by atoms with van der Waals surface area (Å²) in [7, 11) is -2.10. The van der Waals surface area contributed by atoms with Crippen molar-refractivity contribution in [3.63, 3.8) is 0 Å². The van der Waals surface area contributed by atoms with Gasteiger partial charge in [0.1, 0.15) is 0 Å². The van der Waals surface area contributed by atoms with E-state index in [1.807, 2.05) is 18.2 Å². The van der Waals surface area contributed by atoms with Crippen molar-refractivity contribution in [1.82, 2.24) is 9.88 Å². The van der Waals surface area contributed by atoms with E-state index in [1.165, 1.54) is 16.4 Å². The molecule has 0 saturated carbocycles. The average molecular weight is 410 g/mol. The maximum atomic E-state index is 13.2. The summed E-state index contributed by atoms with van der Waals surface area (Å²) in [6.45, 7) is 2.47. The van der Waals surface area contributed by atoms with Crippen molar-refractivity contribution in [1.29, 1.82) is 0 Å². The van der Waals surface area contributed by atoms with E-state index in [9.17, 15) is 13.2 Å². The fourth-order valence-corrected chi connectivity index (χ4v) is 4.58. The van der Waals surface area contributed by atoms with E-state index in [2.05, 4.69) is 4.98 Å². The number of amides is 1. The largest absolute Gasteiger partial charge is 0.337 e. The number of benzene rings is 2. The second-order valence-electron chi connectivity index (χ2n) is 6.55. The second kappa shape index (κ2) is 8.87. The molecule has 3 aromatic rings. The normalized spacial score (nSPS) is 11.1. The topological polar surface area (TPSA) is 70.6 Å². The van der Waals surface area contributed by atoms with E-state index in [4.69, 9.17) is 0 Å². The highest BCUT2D eigenvalue weighted by Crippen LogP contribution is 2.24. The minimum Gasteiger partial charge on any atom is -0.337 e. The number of nitrogens with zero attached hydrogens (tertiary/aromatic N) is 3. The molecule has 0 bridgehead atoms. The lowest BCUT2D eigenvalue weighted by Crippen LogP contribution is -2.31. The van der Waals surface area contributed by atoms with E-state index in [0.717, 1.165) is 5.56 Å². The van der Waals surface area contributed by atoms with Gasteiger partial charge in [0.15, 0.2) is 0 Å². The van der Waals surface area contributed by atoms with Gasteiger partial charge in [-0.25, -0.2) is 8.42 Å².